The molecule has 0 saturated carbocycles. The van der Waals surface area contributed by atoms with Crippen LogP contribution in [0.4, 0.5) is 11.4 Å². The zero-order chi connectivity index (χ0) is 24.1. The second kappa shape index (κ2) is 9.84. The molecular formula is C24H23N5O4S. The number of aromatic nitrogens is 3. The smallest absolute Gasteiger partial charge is 0.262 e. The van der Waals surface area contributed by atoms with E-state index in [4.69, 9.17) is 4.52 Å². The fourth-order valence-corrected chi connectivity index (χ4v) is 4.69. The molecule has 0 aliphatic rings. The number of sulfonamides is 1. The van der Waals surface area contributed by atoms with Gasteiger partial charge in [0.1, 0.15) is 0 Å². The van der Waals surface area contributed by atoms with Crippen LogP contribution in [0.5, 0.6) is 0 Å². The van der Waals surface area contributed by atoms with E-state index in [1.807, 2.05) is 6.07 Å². The van der Waals surface area contributed by atoms with Crippen LogP contribution in [0.25, 0.3) is 11.4 Å². The summed E-state index contributed by atoms with van der Waals surface area (Å²) in [5.74, 6) is 0.641. The maximum Gasteiger partial charge on any atom is 0.262 e. The lowest BCUT2D eigenvalue weighted by Gasteiger charge is -2.14. The number of nitrogens with one attached hydrogen (secondary N) is 2. The van der Waals surface area contributed by atoms with Crippen LogP contribution in [0.15, 0.2) is 76.4 Å². The Balaban J connectivity index is 1.55. The third-order valence-corrected chi connectivity index (χ3v) is 6.61. The molecule has 2 heterocycles. The van der Waals surface area contributed by atoms with Crippen LogP contribution < -0.4 is 10.0 Å². The van der Waals surface area contributed by atoms with Gasteiger partial charge in [0.05, 0.1) is 17.0 Å². The average Bonchev–Trinajstić information content (AvgIpc) is 3.29. The number of rotatable bonds is 8. The molecule has 2 aromatic heterocycles. The van der Waals surface area contributed by atoms with E-state index < -0.39 is 10.0 Å². The van der Waals surface area contributed by atoms with Crippen LogP contribution in [0.3, 0.4) is 0 Å². The molecule has 0 atom stereocenters. The fraction of sp³-hybridized carbons (Fsp3) is 0.167. The highest BCUT2D eigenvalue weighted by Gasteiger charge is 2.20. The van der Waals surface area contributed by atoms with E-state index in [1.54, 1.807) is 68.7 Å². The van der Waals surface area contributed by atoms with Crippen LogP contribution in [0.2, 0.25) is 0 Å². The van der Waals surface area contributed by atoms with Crippen molar-refractivity contribution in [3.05, 3.63) is 84.0 Å². The molecule has 10 heteroatoms. The predicted octanol–water partition coefficient (Wildman–Crippen LogP) is 4.18. The zero-order valence-electron chi connectivity index (χ0n) is 18.6. The summed E-state index contributed by atoms with van der Waals surface area (Å²) in [7, 11) is -3.88. The Morgan fingerprint density at radius 2 is 1.82 bits per heavy atom. The van der Waals surface area contributed by atoms with Crippen LogP contribution in [0, 0.1) is 6.92 Å². The molecule has 0 radical (unpaired) electrons. The first-order chi connectivity index (χ1) is 16.4. The van der Waals surface area contributed by atoms with E-state index in [0.717, 1.165) is 5.56 Å². The Morgan fingerprint density at radius 3 is 2.56 bits per heavy atom. The lowest BCUT2D eigenvalue weighted by molar-refractivity contribution is -0.115. The number of nitrogens with zero attached hydrogens (tertiary/aromatic N) is 3. The Kier molecular flexibility index (Phi) is 6.69. The van der Waals surface area contributed by atoms with E-state index in [-0.39, 0.29) is 17.2 Å². The molecule has 0 aliphatic carbocycles. The number of carbonyl (C=O) groups excluding carboxylic acids is 1. The zero-order valence-corrected chi connectivity index (χ0v) is 19.5. The van der Waals surface area contributed by atoms with Gasteiger partial charge in [0, 0.05) is 30.1 Å². The van der Waals surface area contributed by atoms with Crippen LogP contribution in [-0.4, -0.2) is 29.4 Å². The summed E-state index contributed by atoms with van der Waals surface area (Å²) in [6.07, 6.45) is 3.86. The van der Waals surface area contributed by atoms with E-state index >= 15 is 0 Å². The average molecular weight is 478 g/mol. The van der Waals surface area contributed by atoms with E-state index in [1.165, 1.54) is 6.07 Å². The summed E-state index contributed by atoms with van der Waals surface area (Å²) < 4.78 is 34.3. The van der Waals surface area contributed by atoms with Crippen molar-refractivity contribution in [2.75, 3.05) is 10.0 Å². The Labute approximate surface area is 197 Å². The van der Waals surface area contributed by atoms with Crippen LogP contribution >= 0.6 is 0 Å². The summed E-state index contributed by atoms with van der Waals surface area (Å²) in [4.78, 5) is 20.1. The SMILES string of the molecule is CCC(=O)Nc1ccc(S(=O)(=O)Nc2ccccc2Cc2nc(-c3ccncc3)no2)c(C)c1. The molecule has 0 aliphatic heterocycles. The molecule has 4 rings (SSSR count). The quantitative estimate of drug-likeness (QED) is 0.390. The van der Waals surface area contributed by atoms with Gasteiger partial charge in [-0.3, -0.25) is 14.5 Å². The standard InChI is InChI=1S/C24H23N5O4S/c1-3-22(30)26-19-8-9-21(16(2)14-19)34(31,32)29-20-7-5-4-6-18(20)15-23-27-24(28-33-23)17-10-12-25-13-11-17/h4-14,29H,3,15H2,1-2H3,(H,26,30). The van der Waals surface area contributed by atoms with Crippen molar-refractivity contribution in [2.24, 2.45) is 0 Å². The van der Waals surface area contributed by atoms with Crippen LogP contribution in [-0.2, 0) is 21.2 Å². The third kappa shape index (κ3) is 5.29. The molecule has 0 fully saturated rings. The van der Waals surface area contributed by atoms with Gasteiger partial charge in [-0.2, -0.15) is 4.98 Å². The van der Waals surface area contributed by atoms with Gasteiger partial charge in [0.25, 0.3) is 10.0 Å². The van der Waals surface area contributed by atoms with Crippen molar-refractivity contribution in [3.63, 3.8) is 0 Å². The summed E-state index contributed by atoms with van der Waals surface area (Å²) in [5, 5.41) is 6.73. The van der Waals surface area contributed by atoms with Crippen molar-refractivity contribution in [3.8, 4) is 11.4 Å². The second-order valence-corrected chi connectivity index (χ2v) is 9.22. The molecule has 0 saturated heterocycles. The highest BCUT2D eigenvalue weighted by atomic mass is 32.2. The van der Waals surface area contributed by atoms with Crippen molar-refractivity contribution in [1.82, 2.24) is 15.1 Å². The molecule has 9 nitrogen and oxygen atoms in total. The number of amides is 1. The van der Waals surface area contributed by atoms with Gasteiger partial charge >= 0.3 is 0 Å². The molecule has 0 spiro atoms. The molecular weight excluding hydrogens is 454 g/mol. The summed E-state index contributed by atoms with van der Waals surface area (Å²) in [5.41, 5.74) is 2.92. The van der Waals surface area contributed by atoms with Crippen molar-refractivity contribution >= 4 is 27.3 Å². The minimum Gasteiger partial charge on any atom is -0.339 e. The third-order valence-electron chi connectivity index (χ3n) is 5.08. The van der Waals surface area contributed by atoms with Crippen LogP contribution in [0.1, 0.15) is 30.4 Å². The molecule has 174 valence electrons. The number of benzene rings is 2. The normalized spacial score (nSPS) is 11.2. The van der Waals surface area contributed by atoms with Crippen molar-refractivity contribution in [2.45, 2.75) is 31.6 Å². The largest absolute Gasteiger partial charge is 0.339 e. The highest BCUT2D eigenvalue weighted by Crippen LogP contribution is 2.26. The van der Waals surface area contributed by atoms with Gasteiger partial charge in [-0.15, -0.1) is 0 Å². The minimum atomic E-state index is -3.88. The first-order valence-corrected chi connectivity index (χ1v) is 12.1. The highest BCUT2D eigenvalue weighted by molar-refractivity contribution is 7.92. The van der Waals surface area contributed by atoms with E-state index in [9.17, 15) is 13.2 Å². The second-order valence-electron chi connectivity index (χ2n) is 7.57. The van der Waals surface area contributed by atoms with Gasteiger partial charge < -0.3 is 9.84 Å². The van der Waals surface area contributed by atoms with Gasteiger partial charge in [0.2, 0.25) is 17.6 Å². The molecule has 2 N–H and O–H groups in total. The van der Waals surface area contributed by atoms with Gasteiger partial charge in [-0.05, 0) is 54.4 Å². The number of carbonyl (C=O) groups is 1. The first-order valence-electron chi connectivity index (χ1n) is 10.6. The number of hydrogen-bond donors (Lipinski definition) is 2. The van der Waals surface area contributed by atoms with Gasteiger partial charge in [0.15, 0.2) is 0 Å². The van der Waals surface area contributed by atoms with Crippen molar-refractivity contribution in [1.29, 1.82) is 0 Å². The van der Waals surface area contributed by atoms with E-state index in [0.29, 0.717) is 40.6 Å². The Morgan fingerprint density at radius 1 is 1.06 bits per heavy atom. The molecule has 34 heavy (non-hydrogen) atoms. The fourth-order valence-electron chi connectivity index (χ4n) is 3.36. The topological polar surface area (TPSA) is 127 Å². The molecule has 0 bridgehead atoms. The maximum absolute atomic E-state index is 13.2. The summed E-state index contributed by atoms with van der Waals surface area (Å²) in [6.45, 7) is 3.43. The number of hydrogen-bond acceptors (Lipinski definition) is 7. The Bertz CT molecular complexity index is 1420. The van der Waals surface area contributed by atoms with Gasteiger partial charge in [-0.25, -0.2) is 8.42 Å². The molecule has 2 aromatic carbocycles. The van der Waals surface area contributed by atoms with E-state index in [2.05, 4.69) is 25.2 Å². The predicted molar refractivity (Wildman–Crippen MR) is 128 cm³/mol. The molecule has 1 amide bonds. The minimum absolute atomic E-state index is 0.120. The molecule has 4 aromatic rings. The number of aryl methyl sites for hydroxylation is 1. The monoisotopic (exact) mass is 477 g/mol. The number of para-hydroxylation sites is 1. The lowest BCUT2D eigenvalue weighted by Crippen LogP contribution is -2.16. The Hall–Kier alpha value is -4.05. The molecule has 0 unspecified atom stereocenters. The first kappa shape index (κ1) is 23.1. The van der Waals surface area contributed by atoms with Gasteiger partial charge in [-0.1, -0.05) is 30.3 Å². The number of pyridine rings is 1. The lowest BCUT2D eigenvalue weighted by atomic mass is 10.1. The summed E-state index contributed by atoms with van der Waals surface area (Å²) in [6, 6.07) is 15.3. The number of anilines is 2. The summed E-state index contributed by atoms with van der Waals surface area (Å²) >= 11 is 0. The van der Waals surface area contributed by atoms with Crippen molar-refractivity contribution < 1.29 is 17.7 Å². The maximum atomic E-state index is 13.2.